The van der Waals surface area contributed by atoms with Gasteiger partial charge in [0.25, 0.3) is 0 Å². The Balaban J connectivity index is 1.52. The Morgan fingerprint density at radius 2 is 1.93 bits per heavy atom. The lowest BCUT2D eigenvalue weighted by molar-refractivity contribution is -0.116. The minimum Gasteiger partial charge on any atom is -0.381 e. The van der Waals surface area contributed by atoms with E-state index in [1.807, 2.05) is 30.3 Å². The van der Waals surface area contributed by atoms with E-state index in [0.29, 0.717) is 29.7 Å². The van der Waals surface area contributed by atoms with Crippen LogP contribution in [0.3, 0.4) is 0 Å². The SMILES string of the molecule is CN(C)S(=O)(=O)c1ccc(Cl)c(NC(=O)CCN2CCC(Nc3ccccc3)C2)c1. The standard InChI is InChI=1S/C21H27ClN4O3S/c1-25(2)30(28,29)18-8-9-19(22)20(14-18)24-21(27)11-13-26-12-10-17(15-26)23-16-6-4-3-5-7-16/h3-9,14,17,23H,10-13,15H2,1-2H3,(H,24,27). The van der Waals surface area contributed by atoms with Crippen molar-refractivity contribution in [1.29, 1.82) is 0 Å². The van der Waals surface area contributed by atoms with Crippen molar-refractivity contribution >= 4 is 38.9 Å². The highest BCUT2D eigenvalue weighted by atomic mass is 35.5. The van der Waals surface area contributed by atoms with E-state index in [-0.39, 0.29) is 10.8 Å². The predicted octanol–water partition coefficient (Wildman–Crippen LogP) is 3.11. The maximum atomic E-state index is 12.4. The molecule has 7 nitrogen and oxygen atoms in total. The predicted molar refractivity (Wildman–Crippen MR) is 120 cm³/mol. The molecule has 1 unspecified atom stereocenters. The average molecular weight is 451 g/mol. The van der Waals surface area contributed by atoms with Crippen molar-refractivity contribution < 1.29 is 13.2 Å². The smallest absolute Gasteiger partial charge is 0.242 e. The summed E-state index contributed by atoms with van der Waals surface area (Å²) >= 11 is 6.15. The van der Waals surface area contributed by atoms with Crippen LogP contribution in [0.1, 0.15) is 12.8 Å². The fourth-order valence-electron chi connectivity index (χ4n) is 3.37. The summed E-state index contributed by atoms with van der Waals surface area (Å²) in [6.45, 7) is 2.43. The van der Waals surface area contributed by atoms with Gasteiger partial charge in [-0.05, 0) is 36.8 Å². The molecule has 2 N–H and O–H groups in total. The van der Waals surface area contributed by atoms with Crippen LogP contribution in [0, 0.1) is 0 Å². The second-order valence-electron chi connectivity index (χ2n) is 7.52. The second-order valence-corrected chi connectivity index (χ2v) is 10.1. The fourth-order valence-corrected chi connectivity index (χ4v) is 4.46. The van der Waals surface area contributed by atoms with Crippen molar-refractivity contribution in [2.45, 2.75) is 23.8 Å². The maximum absolute atomic E-state index is 12.4. The Bertz CT molecular complexity index is 983. The minimum absolute atomic E-state index is 0.0848. The zero-order valence-corrected chi connectivity index (χ0v) is 18.7. The lowest BCUT2D eigenvalue weighted by Gasteiger charge is -2.17. The van der Waals surface area contributed by atoms with Crippen LogP contribution in [0.4, 0.5) is 11.4 Å². The number of amides is 1. The number of nitrogens with zero attached hydrogens (tertiary/aromatic N) is 2. The number of benzene rings is 2. The molecule has 0 radical (unpaired) electrons. The summed E-state index contributed by atoms with van der Waals surface area (Å²) in [5, 5.41) is 6.56. The van der Waals surface area contributed by atoms with Crippen LogP contribution in [0.15, 0.2) is 53.4 Å². The first kappa shape index (κ1) is 22.6. The fraction of sp³-hybridized carbons (Fsp3) is 0.381. The van der Waals surface area contributed by atoms with Crippen molar-refractivity contribution in [3.63, 3.8) is 0 Å². The highest BCUT2D eigenvalue weighted by molar-refractivity contribution is 7.89. The van der Waals surface area contributed by atoms with Crippen molar-refractivity contribution in [2.75, 3.05) is 44.4 Å². The molecule has 0 aromatic heterocycles. The molecule has 1 aliphatic heterocycles. The van der Waals surface area contributed by atoms with E-state index < -0.39 is 10.0 Å². The molecular formula is C21H27ClN4O3S. The Hall–Kier alpha value is -2.13. The molecule has 1 atom stereocenters. The minimum atomic E-state index is -3.60. The number of likely N-dealkylation sites (tertiary alicyclic amines) is 1. The Morgan fingerprint density at radius 1 is 1.20 bits per heavy atom. The van der Waals surface area contributed by atoms with Gasteiger partial charge < -0.3 is 15.5 Å². The highest BCUT2D eigenvalue weighted by Gasteiger charge is 2.23. The maximum Gasteiger partial charge on any atom is 0.242 e. The lowest BCUT2D eigenvalue weighted by Crippen LogP contribution is -2.29. The average Bonchev–Trinajstić information content (AvgIpc) is 3.16. The molecule has 0 spiro atoms. The van der Waals surface area contributed by atoms with Gasteiger partial charge in [0.2, 0.25) is 15.9 Å². The summed E-state index contributed by atoms with van der Waals surface area (Å²) in [6, 6.07) is 14.7. The molecule has 0 bridgehead atoms. The van der Waals surface area contributed by atoms with Gasteiger partial charge in [-0.3, -0.25) is 4.79 Å². The molecule has 1 aliphatic rings. The van der Waals surface area contributed by atoms with E-state index >= 15 is 0 Å². The summed E-state index contributed by atoms with van der Waals surface area (Å²) in [5.41, 5.74) is 1.40. The van der Waals surface area contributed by atoms with Crippen LogP contribution in [0.5, 0.6) is 0 Å². The van der Waals surface area contributed by atoms with Crippen LogP contribution in [-0.4, -0.2) is 63.3 Å². The number of rotatable bonds is 8. The molecule has 0 aliphatic carbocycles. The Labute approximate surface area is 183 Å². The van der Waals surface area contributed by atoms with Gasteiger partial charge in [0.1, 0.15) is 0 Å². The number of hydrogen-bond acceptors (Lipinski definition) is 5. The van der Waals surface area contributed by atoms with E-state index in [1.165, 1.54) is 32.3 Å². The van der Waals surface area contributed by atoms with E-state index in [9.17, 15) is 13.2 Å². The molecular weight excluding hydrogens is 424 g/mol. The van der Waals surface area contributed by atoms with Crippen LogP contribution < -0.4 is 10.6 Å². The van der Waals surface area contributed by atoms with E-state index in [0.717, 1.165) is 29.5 Å². The van der Waals surface area contributed by atoms with Crippen LogP contribution in [-0.2, 0) is 14.8 Å². The van der Waals surface area contributed by atoms with E-state index in [1.54, 1.807) is 0 Å². The second kappa shape index (κ2) is 9.78. The van der Waals surface area contributed by atoms with Crippen molar-refractivity contribution in [3.05, 3.63) is 53.6 Å². The van der Waals surface area contributed by atoms with Crippen molar-refractivity contribution in [3.8, 4) is 0 Å². The third kappa shape index (κ3) is 5.72. The lowest BCUT2D eigenvalue weighted by atomic mass is 10.2. The Morgan fingerprint density at radius 3 is 2.63 bits per heavy atom. The van der Waals surface area contributed by atoms with E-state index in [4.69, 9.17) is 11.6 Å². The normalized spacial score (nSPS) is 17.3. The first-order valence-corrected chi connectivity index (χ1v) is 11.6. The van der Waals surface area contributed by atoms with Crippen molar-refractivity contribution in [2.24, 2.45) is 0 Å². The number of anilines is 2. The molecule has 0 saturated carbocycles. The van der Waals surface area contributed by atoms with Crippen molar-refractivity contribution in [1.82, 2.24) is 9.21 Å². The highest BCUT2D eigenvalue weighted by Crippen LogP contribution is 2.26. The van der Waals surface area contributed by atoms with Crippen LogP contribution in [0.25, 0.3) is 0 Å². The first-order valence-electron chi connectivity index (χ1n) is 9.81. The zero-order chi connectivity index (χ0) is 21.7. The number of hydrogen-bond donors (Lipinski definition) is 2. The summed E-state index contributed by atoms with van der Waals surface area (Å²) < 4.78 is 25.7. The van der Waals surface area contributed by atoms with Gasteiger partial charge in [0.05, 0.1) is 15.6 Å². The van der Waals surface area contributed by atoms with Gasteiger partial charge in [0, 0.05) is 51.9 Å². The molecule has 3 rings (SSSR count). The van der Waals surface area contributed by atoms with Gasteiger partial charge in [-0.25, -0.2) is 12.7 Å². The largest absolute Gasteiger partial charge is 0.381 e. The van der Waals surface area contributed by atoms with Gasteiger partial charge >= 0.3 is 0 Å². The summed E-state index contributed by atoms with van der Waals surface area (Å²) in [7, 11) is -0.688. The number of halogens is 1. The summed E-state index contributed by atoms with van der Waals surface area (Å²) in [5.74, 6) is -0.198. The molecule has 162 valence electrons. The number of carbonyl (C=O) groups excluding carboxylic acids is 1. The van der Waals surface area contributed by atoms with Gasteiger partial charge in [0.15, 0.2) is 0 Å². The molecule has 2 aromatic rings. The molecule has 1 saturated heterocycles. The third-order valence-electron chi connectivity index (χ3n) is 5.06. The quantitative estimate of drug-likeness (QED) is 0.645. The molecule has 1 heterocycles. The van der Waals surface area contributed by atoms with Gasteiger partial charge in [-0.2, -0.15) is 0 Å². The first-order chi connectivity index (χ1) is 14.3. The number of para-hydroxylation sites is 1. The number of carbonyl (C=O) groups is 1. The van der Waals surface area contributed by atoms with E-state index in [2.05, 4.69) is 15.5 Å². The van der Waals surface area contributed by atoms with Crippen LogP contribution in [0.2, 0.25) is 5.02 Å². The summed E-state index contributed by atoms with van der Waals surface area (Å²) in [4.78, 5) is 14.7. The third-order valence-corrected chi connectivity index (χ3v) is 7.20. The molecule has 9 heteroatoms. The van der Waals surface area contributed by atoms with Gasteiger partial charge in [-0.15, -0.1) is 0 Å². The molecule has 2 aromatic carbocycles. The number of sulfonamides is 1. The molecule has 1 fully saturated rings. The van der Waals surface area contributed by atoms with Crippen LogP contribution >= 0.6 is 11.6 Å². The Kier molecular flexibility index (Phi) is 7.36. The molecule has 1 amide bonds. The zero-order valence-electron chi connectivity index (χ0n) is 17.1. The van der Waals surface area contributed by atoms with Gasteiger partial charge in [-0.1, -0.05) is 29.8 Å². The summed E-state index contributed by atoms with van der Waals surface area (Å²) in [6.07, 6.45) is 1.33. The molecule has 30 heavy (non-hydrogen) atoms. The monoisotopic (exact) mass is 450 g/mol. The number of nitrogens with one attached hydrogen (secondary N) is 2. The topological polar surface area (TPSA) is 81.8 Å².